The van der Waals surface area contributed by atoms with Crippen molar-refractivity contribution < 1.29 is 5.11 Å². The number of hydrogen-bond acceptors (Lipinski definition) is 3. The molecule has 23 heavy (non-hydrogen) atoms. The molecule has 0 aromatic heterocycles. The predicted molar refractivity (Wildman–Crippen MR) is 100 cm³/mol. The van der Waals surface area contributed by atoms with Crippen molar-refractivity contribution in [2.75, 3.05) is 5.32 Å². The summed E-state index contributed by atoms with van der Waals surface area (Å²) in [6.45, 7) is 6.20. The number of aromatic hydroxyl groups is 1. The summed E-state index contributed by atoms with van der Waals surface area (Å²) in [5, 5.41) is 17.1. The average Bonchev–Trinajstić information content (AvgIpc) is 2.54. The molecule has 0 saturated carbocycles. The van der Waals surface area contributed by atoms with E-state index in [-0.39, 0.29) is 5.75 Å². The molecule has 0 saturated heterocycles. The molecular formula is C18H21N3OS. The smallest absolute Gasteiger partial charge is 0.191 e. The normalized spacial score (nSPS) is 11.4. The average molecular weight is 327 g/mol. The molecule has 0 amide bonds. The standard InChI is InChI=1S/C18H21N3OS/c1-12(2)14-4-8-16(9-5-14)19-18(23)21-20-13(3)15-6-10-17(22)11-7-15/h4-12,22H,1-3H3,(H2,19,21,23). The van der Waals surface area contributed by atoms with E-state index in [4.69, 9.17) is 12.2 Å². The quantitative estimate of drug-likeness (QED) is 0.447. The van der Waals surface area contributed by atoms with E-state index in [1.807, 2.05) is 19.1 Å². The fraction of sp³-hybridized carbons (Fsp3) is 0.222. The molecule has 2 rings (SSSR count). The van der Waals surface area contributed by atoms with Gasteiger partial charge in [-0.05, 0) is 72.6 Å². The van der Waals surface area contributed by atoms with Crippen LogP contribution in [0.3, 0.4) is 0 Å². The highest BCUT2D eigenvalue weighted by molar-refractivity contribution is 7.80. The third kappa shape index (κ3) is 5.07. The van der Waals surface area contributed by atoms with Crippen molar-refractivity contribution in [3.8, 4) is 5.75 Å². The molecule has 5 heteroatoms. The lowest BCUT2D eigenvalue weighted by molar-refractivity contribution is 0.475. The van der Waals surface area contributed by atoms with Gasteiger partial charge in [-0.2, -0.15) is 5.10 Å². The maximum absolute atomic E-state index is 9.29. The second-order valence-corrected chi connectivity index (χ2v) is 5.99. The summed E-state index contributed by atoms with van der Waals surface area (Å²) < 4.78 is 0. The monoisotopic (exact) mass is 327 g/mol. The maximum atomic E-state index is 9.29. The van der Waals surface area contributed by atoms with E-state index in [2.05, 4.69) is 41.8 Å². The molecule has 0 atom stereocenters. The molecule has 0 radical (unpaired) electrons. The number of hydrazone groups is 1. The Morgan fingerprint density at radius 2 is 1.65 bits per heavy atom. The van der Waals surface area contributed by atoms with E-state index < -0.39 is 0 Å². The first kappa shape index (κ1) is 17.0. The summed E-state index contributed by atoms with van der Waals surface area (Å²) in [6, 6.07) is 15.0. The fourth-order valence-corrected chi connectivity index (χ4v) is 2.18. The number of hydrogen-bond donors (Lipinski definition) is 3. The van der Waals surface area contributed by atoms with Gasteiger partial charge in [-0.25, -0.2) is 0 Å². The summed E-state index contributed by atoms with van der Waals surface area (Å²) in [4.78, 5) is 0. The molecule has 0 aliphatic rings. The molecule has 2 aromatic carbocycles. The summed E-state index contributed by atoms with van der Waals surface area (Å²) in [5.74, 6) is 0.739. The summed E-state index contributed by atoms with van der Waals surface area (Å²) in [5.41, 5.74) is 6.73. The Balaban J connectivity index is 1.93. The number of anilines is 1. The zero-order chi connectivity index (χ0) is 16.8. The van der Waals surface area contributed by atoms with Crippen molar-refractivity contribution >= 4 is 28.7 Å². The second-order valence-electron chi connectivity index (χ2n) is 5.59. The van der Waals surface area contributed by atoms with Crippen molar-refractivity contribution in [3.05, 3.63) is 59.7 Å². The van der Waals surface area contributed by atoms with Gasteiger partial charge < -0.3 is 10.4 Å². The Morgan fingerprint density at radius 3 is 2.22 bits per heavy atom. The summed E-state index contributed by atoms with van der Waals surface area (Å²) in [6.07, 6.45) is 0. The molecule has 120 valence electrons. The van der Waals surface area contributed by atoms with Crippen LogP contribution in [0.25, 0.3) is 0 Å². The lowest BCUT2D eigenvalue weighted by atomic mass is 10.0. The number of thiocarbonyl (C=S) groups is 1. The number of benzene rings is 2. The van der Waals surface area contributed by atoms with Gasteiger partial charge in [0.25, 0.3) is 0 Å². The molecule has 3 N–H and O–H groups in total. The van der Waals surface area contributed by atoms with Gasteiger partial charge >= 0.3 is 0 Å². The Bertz CT molecular complexity index is 691. The topological polar surface area (TPSA) is 56.7 Å². The molecule has 0 aliphatic carbocycles. The van der Waals surface area contributed by atoms with E-state index >= 15 is 0 Å². The van der Waals surface area contributed by atoms with Gasteiger partial charge in [-0.3, -0.25) is 5.43 Å². The van der Waals surface area contributed by atoms with Crippen molar-refractivity contribution in [1.82, 2.24) is 5.43 Å². The number of phenolic OH excluding ortho intramolecular Hbond substituents is 1. The van der Waals surface area contributed by atoms with Gasteiger partial charge in [0.2, 0.25) is 0 Å². The van der Waals surface area contributed by atoms with Crippen LogP contribution in [0.1, 0.15) is 37.8 Å². The summed E-state index contributed by atoms with van der Waals surface area (Å²) in [7, 11) is 0. The zero-order valence-corrected chi connectivity index (χ0v) is 14.3. The van der Waals surface area contributed by atoms with Crippen LogP contribution in [-0.2, 0) is 0 Å². The van der Waals surface area contributed by atoms with Crippen molar-refractivity contribution in [3.63, 3.8) is 0 Å². The number of phenols is 1. The Labute approximate surface area is 142 Å². The predicted octanol–water partition coefficient (Wildman–Crippen LogP) is 4.23. The van der Waals surface area contributed by atoms with Crippen LogP contribution in [0, 0.1) is 0 Å². The molecule has 4 nitrogen and oxygen atoms in total. The lowest BCUT2D eigenvalue weighted by Crippen LogP contribution is -2.24. The van der Waals surface area contributed by atoms with Crippen molar-refractivity contribution in [2.24, 2.45) is 5.10 Å². The second kappa shape index (κ2) is 7.74. The van der Waals surface area contributed by atoms with Crippen LogP contribution in [0.2, 0.25) is 0 Å². The Kier molecular flexibility index (Phi) is 5.71. The van der Waals surface area contributed by atoms with E-state index in [0.717, 1.165) is 17.0 Å². The first-order valence-electron chi connectivity index (χ1n) is 7.46. The van der Waals surface area contributed by atoms with Gasteiger partial charge in [0, 0.05) is 5.69 Å². The van der Waals surface area contributed by atoms with Crippen LogP contribution in [0.15, 0.2) is 53.6 Å². The summed E-state index contributed by atoms with van der Waals surface area (Å²) >= 11 is 5.24. The third-order valence-electron chi connectivity index (χ3n) is 3.45. The first-order chi connectivity index (χ1) is 11.0. The Hall–Kier alpha value is -2.40. The maximum Gasteiger partial charge on any atom is 0.191 e. The lowest BCUT2D eigenvalue weighted by Gasteiger charge is -2.10. The molecule has 0 fully saturated rings. The highest BCUT2D eigenvalue weighted by atomic mass is 32.1. The molecule has 2 aromatic rings. The van der Waals surface area contributed by atoms with Crippen molar-refractivity contribution in [1.29, 1.82) is 0 Å². The highest BCUT2D eigenvalue weighted by Gasteiger charge is 2.01. The molecule has 0 unspecified atom stereocenters. The Morgan fingerprint density at radius 1 is 1.04 bits per heavy atom. The minimum atomic E-state index is 0.233. The van der Waals surface area contributed by atoms with Gasteiger partial charge in [-0.1, -0.05) is 26.0 Å². The van der Waals surface area contributed by atoms with Crippen LogP contribution in [0.5, 0.6) is 5.75 Å². The minimum Gasteiger partial charge on any atom is -0.508 e. The molecule has 0 aliphatic heterocycles. The first-order valence-corrected chi connectivity index (χ1v) is 7.87. The van der Waals surface area contributed by atoms with E-state index in [9.17, 15) is 5.11 Å². The molecular weight excluding hydrogens is 306 g/mol. The van der Waals surface area contributed by atoms with Gasteiger partial charge in [-0.15, -0.1) is 0 Å². The highest BCUT2D eigenvalue weighted by Crippen LogP contribution is 2.17. The van der Waals surface area contributed by atoms with Crippen LogP contribution >= 0.6 is 12.2 Å². The molecule has 0 spiro atoms. The number of nitrogens with one attached hydrogen (secondary N) is 2. The van der Waals surface area contributed by atoms with Gasteiger partial charge in [0.15, 0.2) is 5.11 Å². The SMILES string of the molecule is CC(=NNC(=S)Nc1ccc(C(C)C)cc1)c1ccc(O)cc1. The number of nitrogens with zero attached hydrogens (tertiary/aromatic N) is 1. The third-order valence-corrected chi connectivity index (χ3v) is 3.64. The minimum absolute atomic E-state index is 0.233. The fourth-order valence-electron chi connectivity index (χ4n) is 2.01. The van der Waals surface area contributed by atoms with Crippen molar-refractivity contribution in [2.45, 2.75) is 26.7 Å². The molecule has 0 heterocycles. The van der Waals surface area contributed by atoms with E-state index in [1.54, 1.807) is 24.3 Å². The molecule has 0 bridgehead atoms. The van der Waals surface area contributed by atoms with Crippen LogP contribution < -0.4 is 10.7 Å². The number of rotatable bonds is 4. The van der Waals surface area contributed by atoms with Crippen LogP contribution in [-0.4, -0.2) is 15.9 Å². The largest absolute Gasteiger partial charge is 0.508 e. The van der Waals surface area contributed by atoms with E-state index in [1.165, 1.54) is 5.56 Å². The van der Waals surface area contributed by atoms with Gasteiger partial charge in [0.05, 0.1) is 5.71 Å². The zero-order valence-electron chi connectivity index (χ0n) is 13.5. The van der Waals surface area contributed by atoms with Crippen LogP contribution in [0.4, 0.5) is 5.69 Å². The van der Waals surface area contributed by atoms with Gasteiger partial charge in [0.1, 0.15) is 5.75 Å². The van der Waals surface area contributed by atoms with E-state index in [0.29, 0.717) is 11.0 Å².